The third-order valence-corrected chi connectivity index (χ3v) is 7.36. The number of benzene rings is 1. The zero-order valence-corrected chi connectivity index (χ0v) is 18.3. The van der Waals surface area contributed by atoms with Gasteiger partial charge in [0, 0.05) is 24.9 Å². The van der Waals surface area contributed by atoms with Crippen molar-refractivity contribution >= 4 is 34.3 Å². The van der Waals surface area contributed by atoms with Crippen LogP contribution in [0, 0.1) is 5.82 Å². The predicted molar refractivity (Wildman–Crippen MR) is 117 cm³/mol. The van der Waals surface area contributed by atoms with Crippen molar-refractivity contribution in [2.75, 3.05) is 19.7 Å². The van der Waals surface area contributed by atoms with Gasteiger partial charge >= 0.3 is 6.01 Å². The molecule has 2 atom stereocenters. The Balaban J connectivity index is 1.44. The van der Waals surface area contributed by atoms with Crippen molar-refractivity contribution in [3.05, 3.63) is 53.1 Å². The number of fused-ring (bicyclic) bond motifs is 2. The molecule has 0 N–H and O–H groups in total. The number of thioether (sulfide) groups is 1. The standard InChI is InChI=1S/C22H21ClF2N4OS/c23-19-17(25)18-16(10-26-19)20(31-12-14-5-2-1-3-6-14)28-21(27-18)30-13-22-7-4-8-29(22)11-15(24)9-22/h1-3,5-6,10,15H,4,7-9,11-13H2/t15-,22-/m1/s1. The lowest BCUT2D eigenvalue weighted by Crippen LogP contribution is -2.43. The Kier molecular flexibility index (Phi) is 5.71. The molecule has 0 unspecified atom stereocenters. The van der Waals surface area contributed by atoms with Crippen LogP contribution in [0.25, 0.3) is 10.9 Å². The molecule has 4 heterocycles. The van der Waals surface area contributed by atoms with Crippen LogP contribution in [0.4, 0.5) is 8.78 Å². The molecular formula is C22H21ClF2N4OS. The van der Waals surface area contributed by atoms with E-state index in [2.05, 4.69) is 19.9 Å². The molecule has 0 saturated carbocycles. The first kappa shape index (κ1) is 20.8. The second-order valence-corrected chi connectivity index (χ2v) is 9.40. The van der Waals surface area contributed by atoms with Crippen LogP contribution in [-0.4, -0.2) is 51.3 Å². The van der Waals surface area contributed by atoms with Gasteiger partial charge in [0.1, 0.15) is 23.3 Å². The number of hydrogen-bond donors (Lipinski definition) is 0. The van der Waals surface area contributed by atoms with Crippen LogP contribution in [0.3, 0.4) is 0 Å². The van der Waals surface area contributed by atoms with Gasteiger partial charge in [0.25, 0.3) is 0 Å². The van der Waals surface area contributed by atoms with Gasteiger partial charge in [-0.05, 0) is 24.9 Å². The molecule has 2 aromatic heterocycles. The quantitative estimate of drug-likeness (QED) is 0.290. The minimum atomic E-state index is -0.847. The molecule has 0 aliphatic carbocycles. The zero-order chi connectivity index (χ0) is 21.4. The summed E-state index contributed by atoms with van der Waals surface area (Å²) >= 11 is 7.35. The maximum Gasteiger partial charge on any atom is 0.318 e. The lowest BCUT2D eigenvalue weighted by atomic mass is 9.95. The van der Waals surface area contributed by atoms with E-state index in [1.807, 2.05) is 30.3 Å². The SMILES string of the molecule is Fc1c(Cl)ncc2c(SCc3ccccc3)nc(OC[C@]34CCCN3C[C@H](F)C4)nc12. The Morgan fingerprint density at radius 1 is 1.26 bits per heavy atom. The number of aromatic nitrogens is 3. The molecule has 5 nitrogen and oxygen atoms in total. The van der Waals surface area contributed by atoms with Crippen LogP contribution in [-0.2, 0) is 5.75 Å². The molecule has 0 bridgehead atoms. The molecule has 162 valence electrons. The molecule has 2 fully saturated rings. The van der Waals surface area contributed by atoms with Crippen molar-refractivity contribution < 1.29 is 13.5 Å². The number of hydrogen-bond acceptors (Lipinski definition) is 6. The van der Waals surface area contributed by atoms with E-state index >= 15 is 0 Å². The summed E-state index contributed by atoms with van der Waals surface area (Å²) in [5, 5.41) is 0.816. The monoisotopic (exact) mass is 462 g/mol. The molecular weight excluding hydrogens is 442 g/mol. The van der Waals surface area contributed by atoms with Crippen molar-refractivity contribution in [2.45, 2.75) is 41.8 Å². The predicted octanol–water partition coefficient (Wildman–Crippen LogP) is 5.06. The summed E-state index contributed by atoms with van der Waals surface area (Å²) in [6, 6.07) is 10.0. The number of nitrogens with zero attached hydrogens (tertiary/aromatic N) is 4. The molecule has 2 aliphatic heterocycles. The fourth-order valence-electron chi connectivity index (χ4n) is 4.54. The zero-order valence-electron chi connectivity index (χ0n) is 16.7. The third-order valence-electron chi connectivity index (χ3n) is 6.04. The average Bonchev–Trinajstić information content (AvgIpc) is 3.30. The van der Waals surface area contributed by atoms with Crippen LogP contribution in [0.1, 0.15) is 24.8 Å². The molecule has 0 amide bonds. The Morgan fingerprint density at radius 2 is 2.10 bits per heavy atom. The van der Waals surface area contributed by atoms with Crippen LogP contribution in [0.5, 0.6) is 6.01 Å². The fraction of sp³-hybridized carbons (Fsp3) is 0.409. The minimum Gasteiger partial charge on any atom is -0.461 e. The van der Waals surface area contributed by atoms with E-state index in [1.54, 1.807) is 0 Å². The van der Waals surface area contributed by atoms with Gasteiger partial charge in [0.15, 0.2) is 11.0 Å². The third kappa shape index (κ3) is 4.08. The summed E-state index contributed by atoms with van der Waals surface area (Å²) in [7, 11) is 0. The summed E-state index contributed by atoms with van der Waals surface area (Å²) in [6.45, 7) is 1.59. The van der Waals surface area contributed by atoms with Gasteiger partial charge in [-0.1, -0.05) is 41.9 Å². The van der Waals surface area contributed by atoms with Crippen LogP contribution in [0.15, 0.2) is 41.6 Å². The van der Waals surface area contributed by atoms with Crippen molar-refractivity contribution in [3.8, 4) is 6.01 Å². The molecule has 0 radical (unpaired) electrons. The second kappa shape index (κ2) is 8.48. The van der Waals surface area contributed by atoms with Crippen LogP contribution in [0.2, 0.25) is 5.15 Å². The second-order valence-electron chi connectivity index (χ2n) is 8.07. The Bertz CT molecular complexity index is 1110. The molecule has 2 saturated heterocycles. The van der Waals surface area contributed by atoms with E-state index in [0.29, 0.717) is 29.1 Å². The highest BCUT2D eigenvalue weighted by Gasteiger charge is 2.49. The van der Waals surface area contributed by atoms with E-state index < -0.39 is 12.0 Å². The van der Waals surface area contributed by atoms with Gasteiger partial charge in [-0.2, -0.15) is 9.97 Å². The number of halogens is 3. The lowest BCUT2D eigenvalue weighted by molar-refractivity contribution is 0.107. The highest BCUT2D eigenvalue weighted by Crippen LogP contribution is 2.40. The van der Waals surface area contributed by atoms with Crippen molar-refractivity contribution in [2.24, 2.45) is 0 Å². The van der Waals surface area contributed by atoms with E-state index in [-0.39, 0.29) is 28.8 Å². The molecule has 0 spiro atoms. The van der Waals surface area contributed by atoms with E-state index in [4.69, 9.17) is 16.3 Å². The summed E-state index contributed by atoms with van der Waals surface area (Å²) < 4.78 is 34.7. The van der Waals surface area contributed by atoms with E-state index in [1.165, 1.54) is 18.0 Å². The lowest BCUT2D eigenvalue weighted by Gasteiger charge is -2.30. The molecule has 31 heavy (non-hydrogen) atoms. The molecule has 3 aromatic rings. The van der Waals surface area contributed by atoms with E-state index in [9.17, 15) is 8.78 Å². The smallest absolute Gasteiger partial charge is 0.318 e. The Labute approximate surface area is 188 Å². The summed E-state index contributed by atoms with van der Waals surface area (Å²) in [4.78, 5) is 14.9. The first-order valence-corrected chi connectivity index (χ1v) is 11.6. The van der Waals surface area contributed by atoms with Gasteiger partial charge in [-0.3, -0.25) is 4.90 Å². The number of pyridine rings is 1. The largest absolute Gasteiger partial charge is 0.461 e. The number of alkyl halides is 1. The molecule has 2 aliphatic rings. The minimum absolute atomic E-state index is 0.0766. The van der Waals surface area contributed by atoms with Gasteiger partial charge in [-0.25, -0.2) is 13.8 Å². The van der Waals surface area contributed by atoms with Crippen LogP contribution < -0.4 is 4.74 Å². The summed E-state index contributed by atoms with van der Waals surface area (Å²) in [5.41, 5.74) is 0.865. The Hall–Kier alpha value is -2.03. The van der Waals surface area contributed by atoms with Crippen molar-refractivity contribution in [1.82, 2.24) is 19.9 Å². The number of ether oxygens (including phenoxy) is 1. The first-order valence-electron chi connectivity index (χ1n) is 10.2. The first-order chi connectivity index (χ1) is 15.0. The molecule has 9 heteroatoms. The van der Waals surface area contributed by atoms with Gasteiger partial charge in [0.2, 0.25) is 0 Å². The highest BCUT2D eigenvalue weighted by atomic mass is 35.5. The topological polar surface area (TPSA) is 51.1 Å². The summed E-state index contributed by atoms with van der Waals surface area (Å²) in [5.74, 6) is -0.0453. The normalized spacial score (nSPS) is 23.4. The summed E-state index contributed by atoms with van der Waals surface area (Å²) in [6.07, 6.45) is 2.98. The van der Waals surface area contributed by atoms with Crippen LogP contribution >= 0.6 is 23.4 Å². The average molecular weight is 463 g/mol. The van der Waals surface area contributed by atoms with Crippen molar-refractivity contribution in [1.29, 1.82) is 0 Å². The Morgan fingerprint density at radius 3 is 2.94 bits per heavy atom. The van der Waals surface area contributed by atoms with E-state index in [0.717, 1.165) is 24.9 Å². The van der Waals surface area contributed by atoms with Gasteiger partial charge in [0.05, 0.1) is 10.9 Å². The number of rotatable bonds is 6. The highest BCUT2D eigenvalue weighted by molar-refractivity contribution is 7.98. The fourth-order valence-corrected chi connectivity index (χ4v) is 5.62. The molecule has 1 aromatic carbocycles. The van der Waals surface area contributed by atoms with Crippen molar-refractivity contribution in [3.63, 3.8) is 0 Å². The maximum atomic E-state index is 14.7. The van der Waals surface area contributed by atoms with Gasteiger partial charge < -0.3 is 4.74 Å². The molecule has 5 rings (SSSR count). The maximum absolute atomic E-state index is 14.7. The van der Waals surface area contributed by atoms with Gasteiger partial charge in [-0.15, -0.1) is 11.8 Å².